The first-order valence-corrected chi connectivity index (χ1v) is 11.5. The van der Waals surface area contributed by atoms with Crippen molar-refractivity contribution in [3.63, 3.8) is 0 Å². The van der Waals surface area contributed by atoms with Gasteiger partial charge >= 0.3 is 7.60 Å². The Morgan fingerprint density at radius 3 is 2.57 bits per heavy atom. The molecule has 0 saturated carbocycles. The third kappa shape index (κ3) is 4.12. The van der Waals surface area contributed by atoms with Crippen molar-refractivity contribution in [1.29, 1.82) is 0 Å². The lowest BCUT2D eigenvalue weighted by molar-refractivity contribution is 0.300. The van der Waals surface area contributed by atoms with E-state index in [1.165, 1.54) is 11.1 Å². The second-order valence-electron chi connectivity index (χ2n) is 8.33. The number of fused-ring (bicyclic) bond motifs is 1. The zero-order chi connectivity index (χ0) is 20.7. The van der Waals surface area contributed by atoms with E-state index in [-0.39, 0.29) is 11.3 Å². The first kappa shape index (κ1) is 20.9. The third-order valence-corrected chi connectivity index (χ3v) is 6.22. The summed E-state index contributed by atoms with van der Waals surface area (Å²) in [7, 11) is -4.21. The van der Waals surface area contributed by atoms with Gasteiger partial charge in [-0.1, -0.05) is 32.9 Å². The molecular formula is C22H29O5P. The monoisotopic (exact) mass is 404 g/mol. The quantitative estimate of drug-likeness (QED) is 0.612. The van der Waals surface area contributed by atoms with E-state index in [0.717, 1.165) is 36.0 Å². The minimum Gasteiger partial charge on any atom is -0.508 e. The van der Waals surface area contributed by atoms with Gasteiger partial charge in [0, 0.05) is 5.41 Å². The second kappa shape index (κ2) is 7.55. The summed E-state index contributed by atoms with van der Waals surface area (Å²) in [5.41, 5.74) is 5.42. The molecule has 2 aromatic rings. The molecule has 0 saturated heterocycles. The van der Waals surface area contributed by atoms with Crippen LogP contribution in [0.2, 0.25) is 0 Å². The molecule has 2 aromatic carbocycles. The highest BCUT2D eigenvalue weighted by atomic mass is 31.2. The van der Waals surface area contributed by atoms with Crippen molar-refractivity contribution in [2.24, 2.45) is 0 Å². The lowest BCUT2D eigenvalue weighted by Crippen LogP contribution is -2.30. The van der Waals surface area contributed by atoms with Crippen LogP contribution in [0.5, 0.6) is 11.5 Å². The number of phenols is 1. The molecule has 5 nitrogen and oxygen atoms in total. The highest BCUT2D eigenvalue weighted by Gasteiger charge is 2.36. The molecule has 152 valence electrons. The average Bonchev–Trinajstić information content (AvgIpc) is 2.59. The minimum absolute atomic E-state index is 0.184. The van der Waals surface area contributed by atoms with Gasteiger partial charge < -0.3 is 19.6 Å². The molecule has 0 fully saturated rings. The van der Waals surface area contributed by atoms with Gasteiger partial charge in [0.25, 0.3) is 0 Å². The fraction of sp³-hybridized carbons (Fsp3) is 0.455. The van der Waals surface area contributed by atoms with Gasteiger partial charge in [0.2, 0.25) is 0 Å². The lowest BCUT2D eigenvalue weighted by Gasteiger charge is -2.38. The third-order valence-electron chi connectivity index (χ3n) is 5.75. The van der Waals surface area contributed by atoms with Gasteiger partial charge in [0.05, 0.1) is 0 Å². The Bertz CT molecular complexity index is 931. The maximum absolute atomic E-state index is 11.1. The van der Waals surface area contributed by atoms with Crippen LogP contribution in [-0.2, 0) is 16.4 Å². The van der Waals surface area contributed by atoms with Crippen LogP contribution >= 0.6 is 7.60 Å². The van der Waals surface area contributed by atoms with Gasteiger partial charge in [-0.05, 0) is 78.1 Å². The van der Waals surface area contributed by atoms with Crippen LogP contribution in [0.25, 0.3) is 0 Å². The predicted molar refractivity (Wildman–Crippen MR) is 110 cm³/mol. The number of benzene rings is 2. The molecule has 28 heavy (non-hydrogen) atoms. The summed E-state index contributed by atoms with van der Waals surface area (Å²) in [4.78, 5) is 18.2. The first-order valence-electron chi connectivity index (χ1n) is 9.66. The number of hydrogen-bond acceptors (Lipinski definition) is 3. The van der Waals surface area contributed by atoms with Gasteiger partial charge in [-0.3, -0.25) is 4.57 Å². The Kier molecular flexibility index (Phi) is 5.64. The van der Waals surface area contributed by atoms with Crippen molar-refractivity contribution >= 4 is 7.60 Å². The number of aromatic hydroxyl groups is 1. The Labute approximate surface area is 166 Å². The molecule has 0 heterocycles. The molecule has 0 radical (unpaired) electrons. The normalized spacial score (nSPS) is 19.5. The van der Waals surface area contributed by atoms with Crippen molar-refractivity contribution in [3.05, 3.63) is 58.1 Å². The molecule has 3 N–H and O–H groups in total. The second-order valence-corrected chi connectivity index (χ2v) is 9.91. The van der Waals surface area contributed by atoms with Crippen LogP contribution in [0.4, 0.5) is 0 Å². The van der Waals surface area contributed by atoms with Gasteiger partial charge in [0.15, 0.2) is 6.35 Å². The van der Waals surface area contributed by atoms with Crippen molar-refractivity contribution in [2.75, 3.05) is 6.35 Å². The number of phenolic OH excluding ortho intramolecular Hbond substituents is 1. The molecular weight excluding hydrogens is 375 g/mol. The Morgan fingerprint density at radius 2 is 1.93 bits per heavy atom. The van der Waals surface area contributed by atoms with Crippen molar-refractivity contribution in [3.8, 4) is 11.5 Å². The molecule has 0 spiro atoms. The van der Waals surface area contributed by atoms with E-state index < -0.39 is 13.9 Å². The number of hydrogen-bond donors (Lipinski definition) is 3. The largest absolute Gasteiger partial charge is 0.508 e. The van der Waals surface area contributed by atoms with E-state index in [9.17, 15) is 9.67 Å². The summed E-state index contributed by atoms with van der Waals surface area (Å²) in [5.74, 6) is 1.06. The van der Waals surface area contributed by atoms with E-state index in [0.29, 0.717) is 11.5 Å². The topological polar surface area (TPSA) is 87.0 Å². The molecule has 0 bridgehead atoms. The predicted octanol–water partition coefficient (Wildman–Crippen LogP) is 4.98. The zero-order valence-corrected chi connectivity index (χ0v) is 17.8. The summed E-state index contributed by atoms with van der Waals surface area (Å²) in [5, 5.41) is 10.2. The van der Waals surface area contributed by atoms with Gasteiger partial charge in [0.1, 0.15) is 11.5 Å². The van der Waals surface area contributed by atoms with Crippen LogP contribution in [0.3, 0.4) is 0 Å². The van der Waals surface area contributed by atoms with Crippen molar-refractivity contribution < 1.29 is 24.2 Å². The SMILES string of the molecule is Cc1cc(OCP(=O)(O)O)cc2c1[C@@](C)(c1ccc(O)c(C(C)C)c1)CCC2. The molecule has 6 heteroatoms. The molecule has 1 atom stereocenters. The Hall–Kier alpha value is -1.81. The fourth-order valence-corrected chi connectivity index (χ4v) is 4.78. The van der Waals surface area contributed by atoms with Crippen LogP contribution in [-0.4, -0.2) is 21.2 Å². The number of rotatable bonds is 5. The molecule has 1 aliphatic rings. The van der Waals surface area contributed by atoms with Crippen LogP contribution in [0.15, 0.2) is 30.3 Å². The van der Waals surface area contributed by atoms with Gasteiger partial charge in [-0.15, -0.1) is 0 Å². The molecule has 0 aliphatic heterocycles. The summed E-state index contributed by atoms with van der Waals surface area (Å²) in [6.07, 6.45) is 2.32. The molecule has 1 aliphatic carbocycles. The smallest absolute Gasteiger partial charge is 0.362 e. The van der Waals surface area contributed by atoms with E-state index in [4.69, 9.17) is 14.5 Å². The maximum atomic E-state index is 11.1. The Balaban J connectivity index is 2.05. The average molecular weight is 404 g/mol. The lowest BCUT2D eigenvalue weighted by atomic mass is 9.65. The first-order chi connectivity index (χ1) is 13.0. The van der Waals surface area contributed by atoms with E-state index in [1.54, 1.807) is 6.07 Å². The summed E-state index contributed by atoms with van der Waals surface area (Å²) in [6.45, 7) is 8.42. The summed E-state index contributed by atoms with van der Waals surface area (Å²) in [6, 6.07) is 9.69. The van der Waals surface area contributed by atoms with Crippen molar-refractivity contribution in [2.45, 2.75) is 58.3 Å². The Morgan fingerprint density at radius 1 is 1.21 bits per heavy atom. The van der Waals surface area contributed by atoms with Gasteiger partial charge in [-0.25, -0.2) is 0 Å². The van der Waals surface area contributed by atoms with Gasteiger partial charge in [-0.2, -0.15) is 0 Å². The molecule has 0 amide bonds. The fourth-order valence-electron chi connectivity index (χ4n) is 4.46. The zero-order valence-electron chi connectivity index (χ0n) is 16.9. The highest BCUT2D eigenvalue weighted by Crippen LogP contribution is 2.46. The molecule has 0 unspecified atom stereocenters. The summed E-state index contributed by atoms with van der Waals surface area (Å²) >= 11 is 0. The number of ether oxygens (including phenoxy) is 1. The molecule has 0 aromatic heterocycles. The van der Waals surface area contributed by atoms with Crippen LogP contribution < -0.4 is 4.74 Å². The van der Waals surface area contributed by atoms with Crippen LogP contribution in [0, 0.1) is 6.92 Å². The summed E-state index contributed by atoms with van der Waals surface area (Å²) < 4.78 is 16.5. The molecule has 3 rings (SSSR count). The standard InChI is InChI=1S/C22H29O5P/c1-14(2)19-12-17(7-8-20(19)23)22(4)9-5-6-16-11-18(10-15(3)21(16)22)27-13-28(24,25)26/h7-8,10-12,14,23H,5-6,9,13H2,1-4H3,(H2,24,25,26)/t22-/m1/s1. The van der Waals surface area contributed by atoms with E-state index in [1.807, 2.05) is 25.1 Å². The van der Waals surface area contributed by atoms with E-state index >= 15 is 0 Å². The highest BCUT2D eigenvalue weighted by molar-refractivity contribution is 7.51. The van der Waals surface area contributed by atoms with Crippen LogP contribution in [0.1, 0.15) is 67.3 Å². The maximum Gasteiger partial charge on any atom is 0.362 e. The number of aryl methyl sites for hydroxylation is 2. The van der Waals surface area contributed by atoms with E-state index in [2.05, 4.69) is 26.8 Å². The van der Waals surface area contributed by atoms with Crippen molar-refractivity contribution in [1.82, 2.24) is 0 Å². The minimum atomic E-state index is -4.21.